The summed E-state index contributed by atoms with van der Waals surface area (Å²) in [7, 11) is 0. The zero-order chi connectivity index (χ0) is 6.97. The molecule has 0 aromatic carbocycles. The number of rotatable bonds is 0. The van der Waals surface area contributed by atoms with E-state index in [2.05, 4.69) is 5.10 Å². The van der Waals surface area contributed by atoms with Crippen LogP contribution in [-0.4, -0.2) is 9.61 Å². The molecule has 0 atom stereocenters. The van der Waals surface area contributed by atoms with Gasteiger partial charge in [-0.25, -0.2) is 4.52 Å². The molecule has 2 aromatic rings. The van der Waals surface area contributed by atoms with Crippen molar-refractivity contribution in [3.63, 3.8) is 0 Å². The third-order valence-electron chi connectivity index (χ3n) is 1.34. The van der Waals surface area contributed by atoms with Crippen molar-refractivity contribution in [1.29, 1.82) is 0 Å². The molecule has 0 aliphatic heterocycles. The molecule has 0 fully saturated rings. The number of nitrogens with zero attached hydrogens (tertiary/aromatic N) is 2. The van der Waals surface area contributed by atoms with E-state index in [-0.39, 0.29) is 0 Å². The van der Waals surface area contributed by atoms with Crippen LogP contribution in [0, 0.1) is 0 Å². The van der Waals surface area contributed by atoms with E-state index in [0.29, 0.717) is 0 Å². The topological polar surface area (TPSA) is 17.3 Å². The van der Waals surface area contributed by atoms with E-state index in [4.69, 9.17) is 11.6 Å². The molecule has 0 spiro atoms. The summed E-state index contributed by atoms with van der Waals surface area (Å²) in [4.78, 5) is 0. The molecule has 0 saturated carbocycles. The van der Waals surface area contributed by atoms with Gasteiger partial charge in [0.15, 0.2) is 0 Å². The summed E-state index contributed by atoms with van der Waals surface area (Å²) in [6.07, 6.45) is 3.50. The highest BCUT2D eigenvalue weighted by Crippen LogP contribution is 2.12. The Morgan fingerprint density at radius 3 is 3.20 bits per heavy atom. The van der Waals surface area contributed by atoms with E-state index >= 15 is 0 Å². The average molecular weight is 153 g/mol. The maximum absolute atomic E-state index is 5.72. The van der Waals surface area contributed by atoms with Crippen LogP contribution in [0.2, 0.25) is 5.02 Å². The maximum Gasteiger partial charge on any atom is 0.0662 e. The van der Waals surface area contributed by atoms with Gasteiger partial charge in [-0.1, -0.05) is 11.6 Å². The van der Waals surface area contributed by atoms with Crippen LogP contribution in [0.4, 0.5) is 0 Å². The van der Waals surface area contributed by atoms with Gasteiger partial charge in [0.2, 0.25) is 0 Å². The molecule has 0 aliphatic rings. The highest BCUT2D eigenvalue weighted by molar-refractivity contribution is 6.31. The summed E-state index contributed by atoms with van der Waals surface area (Å²) >= 11 is 5.72. The van der Waals surface area contributed by atoms with Gasteiger partial charge < -0.3 is 0 Å². The molecular weight excluding hydrogens is 148 g/mol. The van der Waals surface area contributed by atoms with Crippen molar-refractivity contribution in [3.05, 3.63) is 35.6 Å². The molecule has 0 unspecified atom stereocenters. The Morgan fingerprint density at radius 2 is 2.40 bits per heavy atom. The molecule has 0 aliphatic carbocycles. The molecule has 0 bridgehead atoms. The largest absolute Gasteiger partial charge is 0.239 e. The van der Waals surface area contributed by atoms with Crippen molar-refractivity contribution in [1.82, 2.24) is 9.61 Å². The van der Waals surface area contributed by atoms with Crippen LogP contribution < -0.4 is 0 Å². The summed E-state index contributed by atoms with van der Waals surface area (Å²) in [5, 5.41) is 4.76. The predicted octanol–water partition coefficient (Wildman–Crippen LogP) is 1.99. The fraction of sp³-hybridized carbons (Fsp3) is 0. The first-order valence-electron chi connectivity index (χ1n) is 2.95. The van der Waals surface area contributed by atoms with E-state index < -0.39 is 0 Å². The number of hydrogen-bond acceptors (Lipinski definition) is 1. The Bertz CT molecular complexity index is 320. The summed E-state index contributed by atoms with van der Waals surface area (Å²) in [5.41, 5.74) is 1.02. The maximum atomic E-state index is 5.72. The van der Waals surface area contributed by atoms with Gasteiger partial charge in [0.05, 0.1) is 10.5 Å². The lowest BCUT2D eigenvalue weighted by Crippen LogP contribution is -1.84. The van der Waals surface area contributed by atoms with Gasteiger partial charge in [-0.05, 0) is 18.2 Å². The van der Waals surface area contributed by atoms with E-state index in [1.54, 1.807) is 16.9 Å². The molecule has 2 nitrogen and oxygen atoms in total. The fourth-order valence-electron chi connectivity index (χ4n) is 0.912. The van der Waals surface area contributed by atoms with Crippen LogP contribution in [0.1, 0.15) is 0 Å². The highest BCUT2D eigenvalue weighted by atomic mass is 35.5. The van der Waals surface area contributed by atoms with Crippen molar-refractivity contribution in [2.24, 2.45) is 0 Å². The molecule has 3 heteroatoms. The minimum atomic E-state index is 0.721. The fourth-order valence-corrected chi connectivity index (χ4v) is 1.12. The number of halogens is 1. The molecule has 2 rings (SSSR count). The van der Waals surface area contributed by atoms with Crippen LogP contribution in [-0.2, 0) is 0 Å². The second kappa shape index (κ2) is 1.99. The molecular formula is C7H5ClN2. The highest BCUT2D eigenvalue weighted by Gasteiger charge is 1.93. The third-order valence-corrected chi connectivity index (χ3v) is 1.55. The molecule has 2 aromatic heterocycles. The molecule has 10 heavy (non-hydrogen) atoms. The second-order valence-electron chi connectivity index (χ2n) is 2.05. The Hall–Kier alpha value is -1.02. The normalized spacial score (nSPS) is 10.5. The molecule has 0 N–H and O–H groups in total. The zero-order valence-electron chi connectivity index (χ0n) is 5.16. The first-order chi connectivity index (χ1) is 4.86. The zero-order valence-corrected chi connectivity index (χ0v) is 5.92. The van der Waals surface area contributed by atoms with E-state index in [1.807, 2.05) is 18.2 Å². The van der Waals surface area contributed by atoms with Gasteiger partial charge in [0.25, 0.3) is 0 Å². The van der Waals surface area contributed by atoms with E-state index in [1.165, 1.54) is 0 Å². The monoisotopic (exact) mass is 152 g/mol. The van der Waals surface area contributed by atoms with Gasteiger partial charge in [0.1, 0.15) is 0 Å². The minimum Gasteiger partial charge on any atom is -0.239 e. The van der Waals surface area contributed by atoms with Gasteiger partial charge in [-0.3, -0.25) is 0 Å². The van der Waals surface area contributed by atoms with E-state index in [0.717, 1.165) is 10.5 Å². The first kappa shape index (κ1) is 5.74. The van der Waals surface area contributed by atoms with Crippen molar-refractivity contribution >= 4 is 17.1 Å². The molecule has 50 valence electrons. The Kier molecular flexibility index (Phi) is 1.14. The van der Waals surface area contributed by atoms with Crippen molar-refractivity contribution in [2.75, 3.05) is 0 Å². The van der Waals surface area contributed by atoms with Gasteiger partial charge in [0, 0.05) is 12.4 Å². The molecule has 2 heterocycles. The molecule has 0 radical (unpaired) electrons. The Morgan fingerprint density at radius 1 is 1.50 bits per heavy atom. The lowest BCUT2D eigenvalue weighted by Gasteiger charge is -1.87. The SMILES string of the molecule is Clc1cc2cccnn2c1. The Balaban J connectivity index is 2.88. The van der Waals surface area contributed by atoms with Crippen LogP contribution in [0.3, 0.4) is 0 Å². The summed E-state index contributed by atoms with van der Waals surface area (Å²) in [5.74, 6) is 0. The predicted molar refractivity (Wildman–Crippen MR) is 40.2 cm³/mol. The lowest BCUT2D eigenvalue weighted by molar-refractivity contribution is 0.941. The molecule has 0 amide bonds. The lowest BCUT2D eigenvalue weighted by atomic mass is 10.5. The molecule has 0 saturated heterocycles. The number of aromatic nitrogens is 2. The van der Waals surface area contributed by atoms with Crippen molar-refractivity contribution in [3.8, 4) is 0 Å². The van der Waals surface area contributed by atoms with Crippen LogP contribution in [0.25, 0.3) is 5.52 Å². The standard InChI is InChI=1S/C7H5ClN2/c8-6-4-7-2-1-3-9-10(7)5-6/h1-5H. The smallest absolute Gasteiger partial charge is 0.0662 e. The van der Waals surface area contributed by atoms with Gasteiger partial charge >= 0.3 is 0 Å². The van der Waals surface area contributed by atoms with Crippen LogP contribution in [0.15, 0.2) is 30.6 Å². The van der Waals surface area contributed by atoms with Crippen molar-refractivity contribution in [2.45, 2.75) is 0 Å². The third kappa shape index (κ3) is 0.772. The van der Waals surface area contributed by atoms with Crippen molar-refractivity contribution < 1.29 is 0 Å². The number of hydrogen-bond donors (Lipinski definition) is 0. The minimum absolute atomic E-state index is 0.721. The van der Waals surface area contributed by atoms with Gasteiger partial charge in [-0.15, -0.1) is 0 Å². The summed E-state index contributed by atoms with van der Waals surface area (Å²) in [6.45, 7) is 0. The average Bonchev–Trinajstić information content (AvgIpc) is 2.27. The van der Waals surface area contributed by atoms with Gasteiger partial charge in [-0.2, -0.15) is 5.10 Å². The summed E-state index contributed by atoms with van der Waals surface area (Å²) < 4.78 is 1.74. The quantitative estimate of drug-likeness (QED) is 0.564. The summed E-state index contributed by atoms with van der Waals surface area (Å²) in [6, 6.07) is 5.71. The van der Waals surface area contributed by atoms with Crippen LogP contribution >= 0.6 is 11.6 Å². The second-order valence-corrected chi connectivity index (χ2v) is 2.49. The van der Waals surface area contributed by atoms with E-state index in [9.17, 15) is 0 Å². The first-order valence-corrected chi connectivity index (χ1v) is 3.33. The number of fused-ring (bicyclic) bond motifs is 1. The Labute approximate surface area is 63.0 Å². The van der Waals surface area contributed by atoms with Crippen LogP contribution in [0.5, 0.6) is 0 Å².